The summed E-state index contributed by atoms with van der Waals surface area (Å²) in [6.07, 6.45) is 4.45. The predicted octanol–water partition coefficient (Wildman–Crippen LogP) is 4.21. The molecule has 3 N–H and O–H groups in total. The van der Waals surface area contributed by atoms with E-state index < -0.39 is 29.6 Å². The van der Waals surface area contributed by atoms with Crippen LogP contribution in [0.25, 0.3) is 11.1 Å². The molecule has 0 spiro atoms. The Bertz CT molecular complexity index is 1060. The third-order valence-electron chi connectivity index (χ3n) is 7.47. The summed E-state index contributed by atoms with van der Waals surface area (Å²) in [6, 6.07) is 15.3. The molecular formula is C27H30N2O5. The van der Waals surface area contributed by atoms with E-state index in [9.17, 15) is 19.5 Å². The molecule has 34 heavy (non-hydrogen) atoms. The summed E-state index contributed by atoms with van der Waals surface area (Å²) in [5.74, 6) is -1.54. The number of aliphatic carboxylic acids is 1. The van der Waals surface area contributed by atoms with Crippen molar-refractivity contribution in [3.8, 4) is 11.1 Å². The Morgan fingerprint density at radius 3 is 2.09 bits per heavy atom. The molecule has 1 atom stereocenters. The van der Waals surface area contributed by atoms with E-state index in [-0.39, 0.29) is 18.4 Å². The topological polar surface area (TPSA) is 105 Å². The van der Waals surface area contributed by atoms with Crippen LogP contribution in [0.3, 0.4) is 0 Å². The van der Waals surface area contributed by atoms with E-state index in [1.165, 1.54) is 0 Å². The number of carboxylic acids is 1. The third kappa shape index (κ3) is 4.27. The first kappa shape index (κ1) is 22.4. The van der Waals surface area contributed by atoms with Crippen LogP contribution in [0.1, 0.15) is 62.0 Å². The maximum absolute atomic E-state index is 13.2. The van der Waals surface area contributed by atoms with Gasteiger partial charge in [-0.2, -0.15) is 0 Å². The fourth-order valence-electron chi connectivity index (χ4n) is 5.48. The number of fused-ring (bicyclic) bond motifs is 3. The second-order valence-corrected chi connectivity index (χ2v) is 9.72. The Hall–Kier alpha value is -3.35. The zero-order valence-electron chi connectivity index (χ0n) is 19.1. The maximum atomic E-state index is 13.2. The molecule has 0 heterocycles. The molecular weight excluding hydrogens is 432 g/mol. The van der Waals surface area contributed by atoms with Gasteiger partial charge in [-0.15, -0.1) is 0 Å². The fraction of sp³-hybridized carbons (Fsp3) is 0.444. The van der Waals surface area contributed by atoms with Crippen molar-refractivity contribution >= 4 is 18.0 Å². The highest BCUT2D eigenvalue weighted by atomic mass is 16.5. The van der Waals surface area contributed by atoms with Gasteiger partial charge < -0.3 is 20.5 Å². The van der Waals surface area contributed by atoms with Crippen LogP contribution in [-0.4, -0.2) is 41.3 Å². The number of ether oxygens (including phenoxy) is 1. The van der Waals surface area contributed by atoms with Gasteiger partial charge in [0.15, 0.2) is 0 Å². The zero-order valence-corrected chi connectivity index (χ0v) is 19.1. The highest BCUT2D eigenvalue weighted by Crippen LogP contribution is 2.44. The molecule has 0 aromatic heterocycles. The minimum atomic E-state index is -1.14. The summed E-state index contributed by atoms with van der Waals surface area (Å²) in [4.78, 5) is 37.8. The number of carboxylic acid groups (broad SMARTS) is 1. The zero-order chi connectivity index (χ0) is 23.7. The molecule has 0 bridgehead atoms. The second-order valence-electron chi connectivity index (χ2n) is 9.72. The van der Waals surface area contributed by atoms with Gasteiger partial charge in [0, 0.05) is 5.92 Å². The molecule has 2 aromatic carbocycles. The van der Waals surface area contributed by atoms with Gasteiger partial charge in [0.25, 0.3) is 0 Å². The van der Waals surface area contributed by atoms with Gasteiger partial charge in [0.1, 0.15) is 18.2 Å². The number of nitrogens with one attached hydrogen (secondary N) is 2. The molecule has 3 aliphatic rings. The Morgan fingerprint density at radius 2 is 1.53 bits per heavy atom. The SMILES string of the molecule is O=C(NC1(C(=O)NC(C(=O)O)C2CC2)CCCCC1)OCC1c2ccccc2-c2ccccc21. The number of carbonyl (C=O) groups is 3. The summed E-state index contributed by atoms with van der Waals surface area (Å²) in [5, 5.41) is 15.1. The van der Waals surface area contributed by atoms with Crippen molar-refractivity contribution in [2.24, 2.45) is 5.92 Å². The molecule has 3 aliphatic carbocycles. The standard InChI is InChI=1S/C27H30N2O5/c30-24(31)23(17-12-13-17)28-25(32)27(14-6-1-7-15-27)29-26(33)34-16-22-20-10-4-2-8-18(20)19-9-3-5-11-21(19)22/h2-5,8-11,17,22-23H,1,6-7,12-16H2,(H,28,32)(H,29,33)(H,30,31). The van der Waals surface area contributed by atoms with Gasteiger partial charge in [0.05, 0.1) is 0 Å². The summed E-state index contributed by atoms with van der Waals surface area (Å²) in [6.45, 7) is 0.164. The summed E-state index contributed by atoms with van der Waals surface area (Å²) < 4.78 is 5.68. The quantitative estimate of drug-likeness (QED) is 0.572. The molecule has 0 aliphatic heterocycles. The van der Waals surface area contributed by atoms with Crippen molar-refractivity contribution in [1.82, 2.24) is 10.6 Å². The molecule has 0 saturated heterocycles. The van der Waals surface area contributed by atoms with Crippen LogP contribution in [0, 0.1) is 5.92 Å². The van der Waals surface area contributed by atoms with Gasteiger partial charge >= 0.3 is 12.1 Å². The van der Waals surface area contributed by atoms with E-state index in [0.29, 0.717) is 12.8 Å². The lowest BCUT2D eigenvalue weighted by Crippen LogP contribution is -2.62. The fourth-order valence-corrected chi connectivity index (χ4v) is 5.48. The number of hydrogen-bond donors (Lipinski definition) is 3. The number of alkyl carbamates (subject to hydrolysis) is 1. The summed E-state index contributed by atoms with van der Waals surface area (Å²) in [7, 11) is 0. The number of amides is 2. The highest BCUT2D eigenvalue weighted by molar-refractivity contribution is 5.93. The normalized spacial score (nSPS) is 19.4. The van der Waals surface area contributed by atoms with Gasteiger partial charge in [-0.05, 0) is 53.9 Å². The van der Waals surface area contributed by atoms with Crippen LogP contribution in [0.15, 0.2) is 48.5 Å². The Balaban J connectivity index is 1.28. The average molecular weight is 463 g/mol. The number of benzene rings is 2. The molecule has 0 radical (unpaired) electrons. The van der Waals surface area contributed by atoms with Crippen molar-refractivity contribution in [3.05, 3.63) is 59.7 Å². The van der Waals surface area contributed by atoms with Gasteiger partial charge in [-0.25, -0.2) is 9.59 Å². The van der Waals surface area contributed by atoms with Crippen LogP contribution in [0.2, 0.25) is 0 Å². The Labute approximate surface area is 198 Å². The first-order valence-electron chi connectivity index (χ1n) is 12.2. The lowest BCUT2D eigenvalue weighted by Gasteiger charge is -2.37. The van der Waals surface area contributed by atoms with Crippen LogP contribution in [0.4, 0.5) is 4.79 Å². The first-order chi connectivity index (χ1) is 16.5. The molecule has 7 heteroatoms. The van der Waals surface area contributed by atoms with Crippen LogP contribution >= 0.6 is 0 Å². The van der Waals surface area contributed by atoms with Crippen molar-refractivity contribution in [1.29, 1.82) is 0 Å². The molecule has 178 valence electrons. The minimum Gasteiger partial charge on any atom is -0.480 e. The Morgan fingerprint density at radius 1 is 0.941 bits per heavy atom. The smallest absolute Gasteiger partial charge is 0.408 e. The van der Waals surface area contributed by atoms with Crippen molar-refractivity contribution in [3.63, 3.8) is 0 Å². The molecule has 5 rings (SSSR count). The number of rotatable bonds is 7. The molecule has 2 fully saturated rings. The van der Waals surface area contributed by atoms with Gasteiger partial charge in [-0.3, -0.25) is 4.79 Å². The number of hydrogen-bond acceptors (Lipinski definition) is 4. The van der Waals surface area contributed by atoms with Crippen molar-refractivity contribution in [2.75, 3.05) is 6.61 Å². The maximum Gasteiger partial charge on any atom is 0.408 e. The average Bonchev–Trinajstić information content (AvgIpc) is 3.63. The molecule has 2 amide bonds. The second kappa shape index (κ2) is 9.12. The molecule has 2 aromatic rings. The van der Waals surface area contributed by atoms with Crippen LogP contribution in [-0.2, 0) is 14.3 Å². The highest BCUT2D eigenvalue weighted by Gasteiger charge is 2.45. The van der Waals surface area contributed by atoms with Gasteiger partial charge in [0.2, 0.25) is 5.91 Å². The number of carbonyl (C=O) groups excluding carboxylic acids is 2. The van der Waals surface area contributed by atoms with E-state index in [1.807, 2.05) is 24.3 Å². The van der Waals surface area contributed by atoms with Gasteiger partial charge in [-0.1, -0.05) is 67.8 Å². The summed E-state index contributed by atoms with van der Waals surface area (Å²) in [5.41, 5.74) is 3.40. The third-order valence-corrected chi connectivity index (χ3v) is 7.47. The molecule has 2 saturated carbocycles. The minimum absolute atomic E-state index is 0.0310. The molecule has 1 unspecified atom stereocenters. The van der Waals surface area contributed by atoms with Crippen LogP contribution in [0.5, 0.6) is 0 Å². The Kier molecular flexibility index (Phi) is 6.02. The summed E-state index contributed by atoms with van der Waals surface area (Å²) >= 11 is 0. The van der Waals surface area contributed by atoms with E-state index in [2.05, 4.69) is 34.9 Å². The van der Waals surface area contributed by atoms with Crippen molar-refractivity contribution < 1.29 is 24.2 Å². The van der Waals surface area contributed by atoms with E-state index in [0.717, 1.165) is 54.4 Å². The van der Waals surface area contributed by atoms with E-state index in [1.54, 1.807) is 0 Å². The first-order valence-corrected chi connectivity index (χ1v) is 12.2. The molecule has 7 nitrogen and oxygen atoms in total. The van der Waals surface area contributed by atoms with E-state index >= 15 is 0 Å². The predicted molar refractivity (Wildman–Crippen MR) is 126 cm³/mol. The lowest BCUT2D eigenvalue weighted by atomic mass is 9.80. The largest absolute Gasteiger partial charge is 0.480 e. The van der Waals surface area contributed by atoms with Crippen molar-refractivity contribution in [2.45, 2.75) is 62.4 Å². The monoisotopic (exact) mass is 462 g/mol. The lowest BCUT2D eigenvalue weighted by molar-refractivity contribution is -0.143. The van der Waals surface area contributed by atoms with Crippen LogP contribution < -0.4 is 10.6 Å². The van der Waals surface area contributed by atoms with E-state index in [4.69, 9.17) is 4.74 Å².